The van der Waals surface area contributed by atoms with Gasteiger partial charge in [0.1, 0.15) is 5.82 Å². The van der Waals surface area contributed by atoms with E-state index in [1.807, 2.05) is 34.6 Å². The molecule has 8 heteroatoms. The first-order valence-electron chi connectivity index (χ1n) is 9.43. The number of benzene rings is 1. The summed E-state index contributed by atoms with van der Waals surface area (Å²) in [6.45, 7) is 10.8. The summed E-state index contributed by atoms with van der Waals surface area (Å²) in [7, 11) is -1.86. The normalized spacial score (nSPS) is 12.2. The van der Waals surface area contributed by atoms with Gasteiger partial charge in [0.15, 0.2) is 0 Å². The van der Waals surface area contributed by atoms with Crippen LogP contribution < -0.4 is 5.32 Å². The van der Waals surface area contributed by atoms with Gasteiger partial charge in [0.2, 0.25) is 10.0 Å². The molecule has 0 bridgehead atoms. The van der Waals surface area contributed by atoms with Crippen LogP contribution in [-0.2, 0) is 17.1 Å². The molecule has 0 saturated carbocycles. The van der Waals surface area contributed by atoms with Crippen LogP contribution in [-0.4, -0.2) is 41.5 Å². The number of nitrogens with zero attached hydrogens (tertiary/aromatic N) is 3. The van der Waals surface area contributed by atoms with Crippen molar-refractivity contribution in [2.45, 2.75) is 39.5 Å². The van der Waals surface area contributed by atoms with Crippen LogP contribution in [0.4, 0.5) is 5.82 Å². The second kappa shape index (κ2) is 8.87. The lowest BCUT2D eigenvalue weighted by Gasteiger charge is -2.25. The molecule has 0 aliphatic rings. The Kier molecular flexibility index (Phi) is 7.01. The second-order valence-corrected chi connectivity index (χ2v) is 9.82. The van der Waals surface area contributed by atoms with Crippen LogP contribution in [0, 0.1) is 18.8 Å². The highest BCUT2D eigenvalue weighted by Crippen LogP contribution is 2.20. The average Bonchev–Trinajstić information content (AvgIpc) is 2.90. The van der Waals surface area contributed by atoms with Gasteiger partial charge in [-0.2, -0.15) is 9.40 Å². The molecule has 1 heterocycles. The van der Waals surface area contributed by atoms with Gasteiger partial charge in [-0.1, -0.05) is 27.7 Å². The molecule has 1 aromatic heterocycles. The van der Waals surface area contributed by atoms with E-state index < -0.39 is 10.0 Å². The third-order valence-corrected chi connectivity index (χ3v) is 5.98. The number of rotatable bonds is 8. The second-order valence-electron chi connectivity index (χ2n) is 7.88. The molecule has 0 aliphatic heterocycles. The maximum atomic E-state index is 13.0. The molecule has 0 unspecified atom stereocenters. The largest absolute Gasteiger partial charge is 0.307 e. The number of hydrogen-bond acceptors (Lipinski definition) is 4. The number of aryl methyl sites for hydroxylation is 2. The number of aromatic nitrogens is 2. The zero-order valence-electron chi connectivity index (χ0n) is 17.4. The lowest BCUT2D eigenvalue weighted by atomic mass is 10.2. The molecular weight excluding hydrogens is 376 g/mol. The minimum atomic E-state index is -3.61. The van der Waals surface area contributed by atoms with Gasteiger partial charge in [-0.3, -0.25) is 9.48 Å². The molecule has 0 aliphatic carbocycles. The highest BCUT2D eigenvalue weighted by atomic mass is 32.2. The fourth-order valence-electron chi connectivity index (χ4n) is 2.93. The summed E-state index contributed by atoms with van der Waals surface area (Å²) < 4.78 is 29.2. The Labute approximate surface area is 167 Å². The van der Waals surface area contributed by atoms with E-state index in [2.05, 4.69) is 10.4 Å². The maximum Gasteiger partial charge on any atom is 0.256 e. The maximum absolute atomic E-state index is 13.0. The van der Waals surface area contributed by atoms with Crippen LogP contribution in [0.1, 0.15) is 43.7 Å². The first kappa shape index (κ1) is 22.1. The van der Waals surface area contributed by atoms with Crippen LogP contribution >= 0.6 is 0 Å². The number of sulfonamides is 1. The summed E-state index contributed by atoms with van der Waals surface area (Å²) >= 11 is 0. The fourth-order valence-corrected chi connectivity index (χ4v) is 4.70. The van der Waals surface area contributed by atoms with Crippen molar-refractivity contribution < 1.29 is 13.2 Å². The predicted octanol–water partition coefficient (Wildman–Crippen LogP) is 3.28. The van der Waals surface area contributed by atoms with Gasteiger partial charge in [-0.15, -0.1) is 0 Å². The van der Waals surface area contributed by atoms with Gasteiger partial charge in [-0.25, -0.2) is 8.42 Å². The number of amides is 1. The summed E-state index contributed by atoms with van der Waals surface area (Å²) in [5, 5.41) is 6.97. The van der Waals surface area contributed by atoms with E-state index in [9.17, 15) is 13.2 Å². The smallest absolute Gasteiger partial charge is 0.256 e. The molecule has 0 saturated heterocycles. The van der Waals surface area contributed by atoms with Crippen LogP contribution in [0.15, 0.2) is 35.2 Å². The molecule has 1 N–H and O–H groups in total. The van der Waals surface area contributed by atoms with Crippen molar-refractivity contribution in [1.29, 1.82) is 0 Å². The Morgan fingerprint density at radius 3 is 2.07 bits per heavy atom. The molecule has 0 radical (unpaired) electrons. The number of hydrogen-bond donors (Lipinski definition) is 1. The van der Waals surface area contributed by atoms with Gasteiger partial charge in [0.05, 0.1) is 10.6 Å². The van der Waals surface area contributed by atoms with E-state index in [4.69, 9.17) is 0 Å². The predicted molar refractivity (Wildman–Crippen MR) is 111 cm³/mol. The van der Waals surface area contributed by atoms with Crippen molar-refractivity contribution >= 4 is 21.7 Å². The van der Waals surface area contributed by atoms with Crippen molar-refractivity contribution in [3.05, 3.63) is 41.6 Å². The Hall–Kier alpha value is -2.19. The summed E-state index contributed by atoms with van der Waals surface area (Å²) in [4.78, 5) is 12.6. The number of nitrogens with one attached hydrogen (secondary N) is 1. The van der Waals surface area contributed by atoms with Gasteiger partial charge in [0.25, 0.3) is 5.91 Å². The third kappa shape index (κ3) is 5.42. The lowest BCUT2D eigenvalue weighted by molar-refractivity contribution is 0.102. The van der Waals surface area contributed by atoms with E-state index in [-0.39, 0.29) is 22.6 Å². The first-order chi connectivity index (χ1) is 13.0. The van der Waals surface area contributed by atoms with E-state index in [1.165, 1.54) is 28.6 Å². The zero-order chi connectivity index (χ0) is 21.1. The number of anilines is 1. The molecule has 0 fully saturated rings. The summed E-state index contributed by atoms with van der Waals surface area (Å²) in [6, 6.07) is 7.83. The van der Waals surface area contributed by atoms with Crippen LogP contribution in [0.3, 0.4) is 0 Å². The SMILES string of the molecule is Cc1cc(NC(=O)c2ccc(S(=O)(=O)N(CC(C)C)CC(C)C)cc2)n(C)n1. The first-order valence-corrected chi connectivity index (χ1v) is 10.9. The number of carbonyl (C=O) groups is 1. The third-order valence-electron chi connectivity index (χ3n) is 4.14. The Bertz CT molecular complexity index is 905. The van der Waals surface area contributed by atoms with Crippen molar-refractivity contribution in [2.24, 2.45) is 18.9 Å². The van der Waals surface area contributed by atoms with Crippen molar-refractivity contribution in [2.75, 3.05) is 18.4 Å². The molecule has 0 atom stereocenters. The summed E-state index contributed by atoms with van der Waals surface area (Å²) in [6.07, 6.45) is 0. The standard InChI is InChI=1S/C20H30N4O3S/c1-14(2)12-24(13-15(3)4)28(26,27)18-9-7-17(8-10-18)20(25)21-19-11-16(5)22-23(19)6/h7-11,14-15H,12-13H2,1-6H3,(H,21,25). The Balaban J connectivity index is 2.21. The zero-order valence-corrected chi connectivity index (χ0v) is 18.2. The average molecular weight is 407 g/mol. The van der Waals surface area contributed by atoms with E-state index >= 15 is 0 Å². The molecule has 28 heavy (non-hydrogen) atoms. The molecule has 1 aromatic carbocycles. The minimum Gasteiger partial charge on any atom is -0.307 e. The van der Waals surface area contributed by atoms with E-state index in [0.717, 1.165) is 5.69 Å². The van der Waals surface area contributed by atoms with E-state index in [0.29, 0.717) is 24.5 Å². The highest BCUT2D eigenvalue weighted by molar-refractivity contribution is 7.89. The lowest BCUT2D eigenvalue weighted by Crippen LogP contribution is -2.37. The van der Waals surface area contributed by atoms with Crippen LogP contribution in [0.2, 0.25) is 0 Å². The van der Waals surface area contributed by atoms with Crippen molar-refractivity contribution in [3.8, 4) is 0 Å². The van der Waals surface area contributed by atoms with Crippen molar-refractivity contribution in [3.63, 3.8) is 0 Å². The van der Waals surface area contributed by atoms with Crippen molar-refractivity contribution in [1.82, 2.24) is 14.1 Å². The highest BCUT2D eigenvalue weighted by Gasteiger charge is 2.26. The van der Waals surface area contributed by atoms with Crippen LogP contribution in [0.5, 0.6) is 0 Å². The fraction of sp³-hybridized carbons (Fsp3) is 0.500. The molecule has 1 amide bonds. The quantitative estimate of drug-likeness (QED) is 0.729. The Morgan fingerprint density at radius 1 is 1.11 bits per heavy atom. The molecule has 2 aromatic rings. The minimum absolute atomic E-state index is 0.196. The van der Waals surface area contributed by atoms with Gasteiger partial charge in [-0.05, 0) is 43.0 Å². The summed E-state index contributed by atoms with van der Waals surface area (Å²) in [5.74, 6) is 0.717. The van der Waals surface area contributed by atoms with Gasteiger partial charge in [0, 0.05) is 31.8 Å². The molecular formula is C20H30N4O3S. The van der Waals surface area contributed by atoms with Crippen LogP contribution in [0.25, 0.3) is 0 Å². The molecule has 2 rings (SSSR count). The molecule has 154 valence electrons. The Morgan fingerprint density at radius 2 is 1.64 bits per heavy atom. The number of carbonyl (C=O) groups excluding carboxylic acids is 1. The summed E-state index contributed by atoms with van der Waals surface area (Å²) in [5.41, 5.74) is 1.19. The van der Waals surface area contributed by atoms with E-state index in [1.54, 1.807) is 17.8 Å². The molecule has 0 spiro atoms. The van der Waals surface area contributed by atoms with Gasteiger partial charge >= 0.3 is 0 Å². The molecule has 7 nitrogen and oxygen atoms in total. The monoisotopic (exact) mass is 406 g/mol. The topological polar surface area (TPSA) is 84.3 Å². The van der Waals surface area contributed by atoms with Gasteiger partial charge < -0.3 is 5.32 Å².